The van der Waals surface area contributed by atoms with Crippen LogP contribution in [0.25, 0.3) is 0 Å². The standard InChI is InChI=1S/C5H7BrO2/c1-2-3-4(6)5(7)8/h2-4H,1H3,(H,7,8). The fourth-order valence-electron chi connectivity index (χ4n) is 0.251. The van der Waals surface area contributed by atoms with Gasteiger partial charge in [-0.3, -0.25) is 4.79 Å². The predicted molar refractivity (Wildman–Crippen MR) is 35.2 cm³/mol. The number of halogens is 1. The summed E-state index contributed by atoms with van der Waals surface area (Å²) in [5.74, 6) is -0.858. The van der Waals surface area contributed by atoms with Crippen molar-refractivity contribution in [1.82, 2.24) is 0 Å². The largest absolute Gasteiger partial charge is 0.480 e. The Hall–Kier alpha value is -0.310. The second kappa shape index (κ2) is 3.66. The highest BCUT2D eigenvalue weighted by molar-refractivity contribution is 9.10. The summed E-state index contributed by atoms with van der Waals surface area (Å²) in [4.78, 5) is 9.46. The van der Waals surface area contributed by atoms with E-state index in [1.165, 1.54) is 0 Å². The molecule has 0 aromatic heterocycles. The summed E-state index contributed by atoms with van der Waals surface area (Å²) in [6.07, 6.45) is 3.25. The highest BCUT2D eigenvalue weighted by atomic mass is 79.9. The Balaban J connectivity index is 3.64. The van der Waals surface area contributed by atoms with Crippen LogP contribution in [-0.2, 0) is 4.79 Å². The number of carboxylic acid groups (broad SMARTS) is 1. The normalized spacial score (nSPS) is 14.2. The van der Waals surface area contributed by atoms with Gasteiger partial charge >= 0.3 is 5.97 Å². The predicted octanol–water partition coefficient (Wildman–Crippen LogP) is 1.41. The van der Waals surface area contributed by atoms with Gasteiger partial charge in [0.25, 0.3) is 0 Å². The lowest BCUT2D eigenvalue weighted by Crippen LogP contribution is -2.08. The van der Waals surface area contributed by atoms with E-state index < -0.39 is 10.8 Å². The summed E-state index contributed by atoms with van der Waals surface area (Å²) in [6, 6.07) is 0. The minimum absolute atomic E-state index is 0.535. The molecule has 46 valence electrons. The van der Waals surface area contributed by atoms with Crippen LogP contribution >= 0.6 is 15.9 Å². The van der Waals surface area contributed by atoms with Gasteiger partial charge in [0.1, 0.15) is 4.83 Å². The number of carboxylic acids is 1. The van der Waals surface area contributed by atoms with Gasteiger partial charge in [-0.05, 0) is 6.92 Å². The van der Waals surface area contributed by atoms with Crippen LogP contribution in [0.2, 0.25) is 0 Å². The third kappa shape index (κ3) is 2.80. The average molecular weight is 179 g/mol. The second-order valence-electron chi connectivity index (χ2n) is 1.27. The molecular formula is C5H7BrO2. The molecule has 0 saturated heterocycles. The number of allylic oxidation sites excluding steroid dienone is 1. The van der Waals surface area contributed by atoms with E-state index in [2.05, 4.69) is 15.9 Å². The van der Waals surface area contributed by atoms with E-state index in [4.69, 9.17) is 5.11 Å². The Labute approximate surface area is 56.3 Å². The van der Waals surface area contributed by atoms with Gasteiger partial charge in [0.15, 0.2) is 0 Å². The van der Waals surface area contributed by atoms with E-state index in [0.29, 0.717) is 0 Å². The zero-order chi connectivity index (χ0) is 6.57. The van der Waals surface area contributed by atoms with Crippen molar-refractivity contribution in [3.05, 3.63) is 12.2 Å². The van der Waals surface area contributed by atoms with E-state index in [0.717, 1.165) is 0 Å². The summed E-state index contributed by atoms with van der Waals surface area (Å²) in [5.41, 5.74) is 0. The molecule has 0 aromatic rings. The summed E-state index contributed by atoms with van der Waals surface area (Å²) in [5, 5.41) is 8.21. The Morgan fingerprint density at radius 3 is 2.50 bits per heavy atom. The molecule has 1 N–H and O–H groups in total. The van der Waals surface area contributed by atoms with Gasteiger partial charge in [-0.25, -0.2) is 0 Å². The van der Waals surface area contributed by atoms with Gasteiger partial charge in [-0.15, -0.1) is 0 Å². The van der Waals surface area contributed by atoms with Gasteiger partial charge in [0, 0.05) is 0 Å². The van der Waals surface area contributed by atoms with E-state index in [1.54, 1.807) is 19.1 Å². The molecule has 0 bridgehead atoms. The molecule has 0 spiro atoms. The van der Waals surface area contributed by atoms with Crippen LogP contribution in [-0.4, -0.2) is 15.9 Å². The third-order valence-corrected chi connectivity index (χ3v) is 1.29. The fraction of sp³-hybridized carbons (Fsp3) is 0.400. The lowest BCUT2D eigenvalue weighted by Gasteiger charge is -1.91. The van der Waals surface area contributed by atoms with E-state index >= 15 is 0 Å². The van der Waals surface area contributed by atoms with Gasteiger partial charge in [0.2, 0.25) is 0 Å². The molecule has 0 rings (SSSR count). The lowest BCUT2D eigenvalue weighted by atomic mass is 10.4. The first-order valence-corrected chi connectivity index (χ1v) is 3.09. The molecule has 0 fully saturated rings. The number of rotatable bonds is 2. The topological polar surface area (TPSA) is 37.3 Å². The van der Waals surface area contributed by atoms with Gasteiger partial charge in [0.05, 0.1) is 0 Å². The van der Waals surface area contributed by atoms with E-state index in [1.807, 2.05) is 0 Å². The molecule has 0 heterocycles. The molecule has 0 amide bonds. The maximum absolute atomic E-state index is 9.99. The third-order valence-electron chi connectivity index (χ3n) is 0.597. The molecule has 0 aromatic carbocycles. The van der Waals surface area contributed by atoms with Gasteiger partial charge in [-0.1, -0.05) is 28.1 Å². The van der Waals surface area contributed by atoms with Crippen LogP contribution in [0.1, 0.15) is 6.92 Å². The van der Waals surface area contributed by atoms with Gasteiger partial charge in [-0.2, -0.15) is 0 Å². The van der Waals surface area contributed by atoms with E-state index in [9.17, 15) is 4.79 Å². The minimum Gasteiger partial charge on any atom is -0.480 e. The van der Waals surface area contributed by atoms with E-state index in [-0.39, 0.29) is 0 Å². The SMILES string of the molecule is CC=CC(Br)C(=O)O. The number of hydrogen-bond acceptors (Lipinski definition) is 1. The van der Waals surface area contributed by atoms with Crippen molar-refractivity contribution >= 4 is 21.9 Å². The fourth-order valence-corrected chi connectivity index (χ4v) is 0.557. The monoisotopic (exact) mass is 178 g/mol. The maximum atomic E-state index is 9.99. The molecule has 0 saturated carbocycles. The molecule has 1 atom stereocenters. The molecule has 0 aliphatic rings. The molecule has 1 unspecified atom stereocenters. The summed E-state index contributed by atoms with van der Waals surface area (Å²) in [7, 11) is 0. The van der Waals surface area contributed by atoms with Crippen LogP contribution in [0, 0.1) is 0 Å². The highest BCUT2D eigenvalue weighted by Gasteiger charge is 2.05. The first kappa shape index (κ1) is 7.69. The Bertz CT molecular complexity index is 109. The zero-order valence-corrected chi connectivity index (χ0v) is 6.05. The van der Waals surface area contributed by atoms with Crippen LogP contribution in [0.15, 0.2) is 12.2 Å². The molecule has 0 radical (unpaired) electrons. The van der Waals surface area contributed by atoms with Crippen molar-refractivity contribution < 1.29 is 9.90 Å². The van der Waals surface area contributed by atoms with Crippen molar-refractivity contribution in [2.45, 2.75) is 11.8 Å². The number of hydrogen-bond donors (Lipinski definition) is 1. The smallest absolute Gasteiger partial charge is 0.321 e. The second-order valence-corrected chi connectivity index (χ2v) is 2.25. The van der Waals surface area contributed by atoms with Gasteiger partial charge < -0.3 is 5.11 Å². The zero-order valence-electron chi connectivity index (χ0n) is 4.47. The van der Waals surface area contributed by atoms with Crippen molar-refractivity contribution in [3.63, 3.8) is 0 Å². The number of alkyl halides is 1. The minimum atomic E-state index is -0.858. The molecule has 8 heavy (non-hydrogen) atoms. The first-order valence-electron chi connectivity index (χ1n) is 2.18. The van der Waals surface area contributed by atoms with Crippen molar-refractivity contribution in [3.8, 4) is 0 Å². The van der Waals surface area contributed by atoms with Crippen molar-refractivity contribution in [2.75, 3.05) is 0 Å². The molecular weight excluding hydrogens is 172 g/mol. The van der Waals surface area contributed by atoms with Crippen molar-refractivity contribution in [2.24, 2.45) is 0 Å². The molecule has 0 aliphatic carbocycles. The maximum Gasteiger partial charge on any atom is 0.321 e. The Morgan fingerprint density at radius 2 is 2.38 bits per heavy atom. The Kier molecular flexibility index (Phi) is 3.52. The molecule has 0 aliphatic heterocycles. The number of carbonyl (C=O) groups is 1. The Morgan fingerprint density at radius 1 is 1.88 bits per heavy atom. The highest BCUT2D eigenvalue weighted by Crippen LogP contribution is 1.99. The quantitative estimate of drug-likeness (QED) is 0.513. The first-order chi connectivity index (χ1) is 3.68. The molecule has 3 heteroatoms. The molecule has 2 nitrogen and oxygen atoms in total. The van der Waals surface area contributed by atoms with Crippen LogP contribution in [0.5, 0.6) is 0 Å². The van der Waals surface area contributed by atoms with Crippen LogP contribution in [0.4, 0.5) is 0 Å². The summed E-state index contributed by atoms with van der Waals surface area (Å²) >= 11 is 2.92. The average Bonchev–Trinajstić information content (AvgIpc) is 1.67. The van der Waals surface area contributed by atoms with Crippen LogP contribution in [0.3, 0.4) is 0 Å². The summed E-state index contributed by atoms with van der Waals surface area (Å²) < 4.78 is 0. The lowest BCUT2D eigenvalue weighted by molar-refractivity contribution is -0.135. The summed E-state index contributed by atoms with van der Waals surface area (Å²) in [6.45, 7) is 1.78. The van der Waals surface area contributed by atoms with Crippen molar-refractivity contribution in [1.29, 1.82) is 0 Å². The van der Waals surface area contributed by atoms with Crippen LogP contribution < -0.4 is 0 Å². The number of aliphatic carboxylic acids is 1.